The van der Waals surface area contributed by atoms with E-state index in [1.807, 2.05) is 0 Å². The van der Waals surface area contributed by atoms with Crippen LogP contribution in [0.3, 0.4) is 0 Å². The molecule has 0 saturated heterocycles. The van der Waals surface area contributed by atoms with Crippen molar-refractivity contribution in [2.24, 2.45) is 0 Å². The number of halogens is 3. The van der Waals surface area contributed by atoms with Crippen molar-refractivity contribution in [2.45, 2.75) is 19.4 Å². The van der Waals surface area contributed by atoms with Crippen LogP contribution >= 0.6 is 11.6 Å². The molecule has 2 amide bonds. The number of amides is 2. The summed E-state index contributed by atoms with van der Waals surface area (Å²) >= 11 is 5.99. The molecule has 0 heterocycles. The smallest absolute Gasteiger partial charge is 0.254 e. The number of nitrogens with zero attached hydrogens (tertiary/aromatic N) is 1. The van der Waals surface area contributed by atoms with Crippen LogP contribution in [0.4, 0.5) is 8.78 Å². The van der Waals surface area contributed by atoms with Crippen LogP contribution in [0.15, 0.2) is 36.4 Å². The Morgan fingerprint density at radius 3 is 2.61 bits per heavy atom. The molecule has 0 bridgehead atoms. The van der Waals surface area contributed by atoms with Crippen molar-refractivity contribution in [1.29, 1.82) is 0 Å². The van der Waals surface area contributed by atoms with Gasteiger partial charge in [0.25, 0.3) is 5.91 Å². The Bertz CT molecular complexity index is 861. The number of ether oxygens (including phenoxy) is 1. The topological polar surface area (TPSA) is 58.6 Å². The van der Waals surface area contributed by atoms with E-state index < -0.39 is 17.5 Å². The van der Waals surface area contributed by atoms with Gasteiger partial charge in [-0.2, -0.15) is 0 Å². The summed E-state index contributed by atoms with van der Waals surface area (Å²) in [6.07, 6.45) is 0.579. The van der Waals surface area contributed by atoms with Crippen molar-refractivity contribution in [1.82, 2.24) is 10.2 Å². The van der Waals surface area contributed by atoms with Crippen molar-refractivity contribution < 1.29 is 23.1 Å². The lowest BCUT2D eigenvalue weighted by Gasteiger charge is -2.19. The zero-order chi connectivity index (χ0) is 20.7. The molecule has 0 unspecified atom stereocenters. The fraction of sp³-hybridized carbons (Fsp3) is 0.300. The summed E-state index contributed by atoms with van der Waals surface area (Å²) in [7, 11) is 3.20. The molecule has 5 nitrogen and oxygen atoms in total. The highest BCUT2D eigenvalue weighted by atomic mass is 35.5. The summed E-state index contributed by atoms with van der Waals surface area (Å²) in [5.41, 5.74) is 0.545. The third kappa shape index (κ3) is 5.92. The van der Waals surface area contributed by atoms with E-state index in [0.29, 0.717) is 29.8 Å². The van der Waals surface area contributed by atoms with Crippen LogP contribution in [0.25, 0.3) is 0 Å². The molecule has 0 atom stereocenters. The van der Waals surface area contributed by atoms with E-state index >= 15 is 0 Å². The van der Waals surface area contributed by atoms with E-state index in [9.17, 15) is 18.4 Å². The van der Waals surface area contributed by atoms with Crippen LogP contribution < -0.4 is 10.1 Å². The minimum atomic E-state index is -0.927. The summed E-state index contributed by atoms with van der Waals surface area (Å²) in [5, 5.41) is 3.07. The monoisotopic (exact) mass is 410 g/mol. The number of carbonyl (C=O) groups is 2. The molecule has 0 aromatic heterocycles. The zero-order valence-corrected chi connectivity index (χ0v) is 16.4. The van der Waals surface area contributed by atoms with Crippen LogP contribution in [-0.2, 0) is 11.3 Å². The normalized spacial score (nSPS) is 10.5. The molecule has 0 radical (unpaired) electrons. The quantitative estimate of drug-likeness (QED) is 0.673. The van der Waals surface area contributed by atoms with Crippen LogP contribution in [0.2, 0.25) is 5.02 Å². The Hall–Kier alpha value is -2.67. The SMILES string of the molecule is COc1ccc(Cl)cc1CN(C)C(=O)CCCNC(=O)c1ccc(F)cc1F. The number of methoxy groups -OCH3 is 1. The maximum Gasteiger partial charge on any atom is 0.254 e. The summed E-state index contributed by atoms with van der Waals surface area (Å²) in [6, 6.07) is 7.93. The molecule has 0 aliphatic carbocycles. The molecular weight excluding hydrogens is 390 g/mol. The molecule has 0 spiro atoms. The van der Waals surface area contributed by atoms with E-state index in [1.165, 1.54) is 4.90 Å². The van der Waals surface area contributed by atoms with Crippen molar-refractivity contribution in [3.05, 3.63) is 64.2 Å². The van der Waals surface area contributed by atoms with Gasteiger partial charge in [0.15, 0.2) is 0 Å². The molecule has 0 fully saturated rings. The summed E-state index contributed by atoms with van der Waals surface area (Å²) in [5.74, 6) is -1.81. The predicted molar refractivity (Wildman–Crippen MR) is 102 cm³/mol. The van der Waals surface area contributed by atoms with Gasteiger partial charge in [-0.15, -0.1) is 0 Å². The number of hydrogen-bond acceptors (Lipinski definition) is 3. The molecule has 8 heteroatoms. The van der Waals surface area contributed by atoms with Gasteiger partial charge in [-0.05, 0) is 36.8 Å². The Kier molecular flexibility index (Phi) is 7.75. The van der Waals surface area contributed by atoms with Crippen LogP contribution in [0.5, 0.6) is 5.75 Å². The highest BCUT2D eigenvalue weighted by molar-refractivity contribution is 6.30. The van der Waals surface area contributed by atoms with E-state index in [4.69, 9.17) is 16.3 Å². The second-order valence-electron chi connectivity index (χ2n) is 6.19. The van der Waals surface area contributed by atoms with E-state index in [1.54, 1.807) is 32.4 Å². The van der Waals surface area contributed by atoms with Crippen molar-refractivity contribution in [3.8, 4) is 5.75 Å². The van der Waals surface area contributed by atoms with Gasteiger partial charge in [-0.3, -0.25) is 9.59 Å². The van der Waals surface area contributed by atoms with Gasteiger partial charge in [0.2, 0.25) is 5.91 Å². The Labute approximate surface area is 167 Å². The fourth-order valence-corrected chi connectivity index (χ4v) is 2.81. The van der Waals surface area contributed by atoms with Gasteiger partial charge < -0.3 is 15.0 Å². The lowest BCUT2D eigenvalue weighted by molar-refractivity contribution is -0.130. The molecule has 2 aromatic rings. The van der Waals surface area contributed by atoms with E-state index in [-0.39, 0.29) is 24.4 Å². The summed E-state index contributed by atoms with van der Waals surface area (Å²) in [6.45, 7) is 0.519. The second-order valence-corrected chi connectivity index (χ2v) is 6.63. The Balaban J connectivity index is 1.80. The standard InChI is InChI=1S/C20H21ClF2N2O3/c1-25(12-13-10-14(21)5-8-18(13)28-2)19(26)4-3-9-24-20(27)16-7-6-15(22)11-17(16)23/h5-8,10-11H,3-4,9,12H2,1-2H3,(H,24,27). The first-order valence-corrected chi connectivity index (χ1v) is 8.99. The van der Waals surface area contributed by atoms with Gasteiger partial charge in [0.05, 0.1) is 12.7 Å². The zero-order valence-electron chi connectivity index (χ0n) is 15.6. The largest absolute Gasteiger partial charge is 0.496 e. The van der Waals surface area contributed by atoms with Crippen molar-refractivity contribution >= 4 is 23.4 Å². The molecule has 2 rings (SSSR count). The van der Waals surface area contributed by atoms with Gasteiger partial charge in [0.1, 0.15) is 17.4 Å². The second kappa shape index (κ2) is 10.0. The lowest BCUT2D eigenvalue weighted by atomic mass is 10.1. The van der Waals surface area contributed by atoms with Crippen LogP contribution in [0, 0.1) is 11.6 Å². The number of nitrogens with one attached hydrogen (secondary N) is 1. The first kappa shape index (κ1) is 21.6. The Morgan fingerprint density at radius 1 is 1.18 bits per heavy atom. The third-order valence-electron chi connectivity index (χ3n) is 4.10. The van der Waals surface area contributed by atoms with Gasteiger partial charge >= 0.3 is 0 Å². The maximum atomic E-state index is 13.6. The highest BCUT2D eigenvalue weighted by Crippen LogP contribution is 2.24. The van der Waals surface area contributed by atoms with Crippen LogP contribution in [0.1, 0.15) is 28.8 Å². The van der Waals surface area contributed by atoms with Gasteiger partial charge in [0, 0.05) is 43.2 Å². The van der Waals surface area contributed by atoms with Crippen LogP contribution in [-0.4, -0.2) is 37.4 Å². The molecule has 150 valence electrons. The van der Waals surface area contributed by atoms with E-state index in [2.05, 4.69) is 5.32 Å². The first-order valence-electron chi connectivity index (χ1n) is 8.61. The Morgan fingerprint density at radius 2 is 1.93 bits per heavy atom. The first-order chi connectivity index (χ1) is 13.3. The highest BCUT2D eigenvalue weighted by Gasteiger charge is 2.14. The molecular formula is C20H21ClF2N2O3. The minimum absolute atomic E-state index is 0.121. The average molecular weight is 411 g/mol. The molecule has 0 aliphatic rings. The maximum absolute atomic E-state index is 13.6. The number of carbonyl (C=O) groups excluding carboxylic acids is 2. The third-order valence-corrected chi connectivity index (χ3v) is 4.34. The summed E-state index contributed by atoms with van der Waals surface area (Å²) in [4.78, 5) is 25.7. The predicted octanol–water partition coefficient (Wildman–Crippen LogP) is 3.80. The molecule has 28 heavy (non-hydrogen) atoms. The summed E-state index contributed by atoms with van der Waals surface area (Å²) < 4.78 is 31.7. The van der Waals surface area contributed by atoms with Gasteiger partial charge in [-0.25, -0.2) is 8.78 Å². The van der Waals surface area contributed by atoms with Crippen molar-refractivity contribution in [2.75, 3.05) is 20.7 Å². The fourth-order valence-electron chi connectivity index (χ4n) is 2.62. The average Bonchev–Trinajstić information content (AvgIpc) is 2.65. The van der Waals surface area contributed by atoms with E-state index in [0.717, 1.165) is 17.7 Å². The molecule has 0 saturated carbocycles. The molecule has 2 aromatic carbocycles. The number of benzene rings is 2. The lowest BCUT2D eigenvalue weighted by Crippen LogP contribution is -2.29. The molecule has 1 N–H and O–H groups in total. The van der Waals surface area contributed by atoms with Gasteiger partial charge in [-0.1, -0.05) is 11.6 Å². The number of hydrogen-bond donors (Lipinski definition) is 1. The number of rotatable bonds is 8. The van der Waals surface area contributed by atoms with Crippen molar-refractivity contribution in [3.63, 3.8) is 0 Å². The molecule has 0 aliphatic heterocycles. The minimum Gasteiger partial charge on any atom is -0.496 e.